The lowest BCUT2D eigenvalue weighted by Gasteiger charge is -2.25. The van der Waals surface area contributed by atoms with Crippen LogP contribution in [0.5, 0.6) is 0 Å². The highest BCUT2D eigenvalue weighted by atomic mass is 14.3. The van der Waals surface area contributed by atoms with Crippen LogP contribution in [0.1, 0.15) is 44.5 Å². The van der Waals surface area contributed by atoms with Crippen LogP contribution < -0.4 is 0 Å². The highest BCUT2D eigenvalue weighted by Gasteiger charge is 2.29. The van der Waals surface area contributed by atoms with Gasteiger partial charge in [-0.05, 0) is 270 Å². The summed E-state index contributed by atoms with van der Waals surface area (Å²) in [5.74, 6) is 0. The number of fused-ring (bicyclic) bond motifs is 9. The van der Waals surface area contributed by atoms with Gasteiger partial charge in [-0.25, -0.2) is 0 Å². The zero-order valence-electron chi connectivity index (χ0n) is 75.5. The van der Waals surface area contributed by atoms with Crippen molar-refractivity contribution in [3.05, 3.63) is 530 Å². The first-order valence-corrected chi connectivity index (χ1v) is 46.6. The molecule has 0 atom stereocenters. The number of benzene rings is 24. The molecule has 0 N–H and O–H groups in total. The Morgan fingerprint density at radius 3 is 0.478 bits per heavy atom. The minimum atomic E-state index is 1.18. The molecule has 0 heteroatoms. The van der Waals surface area contributed by atoms with E-state index in [0.29, 0.717) is 0 Å². The molecular weight excluding hydrogens is 1610 g/mol. The molecule has 0 saturated carbocycles. The predicted octanol–water partition coefficient (Wildman–Crippen LogP) is 37.7. The molecule has 632 valence electrons. The minimum Gasteiger partial charge on any atom is -0.0622 e. The van der Waals surface area contributed by atoms with Gasteiger partial charge in [0.1, 0.15) is 0 Å². The molecule has 0 aliphatic heterocycles. The van der Waals surface area contributed by atoms with Crippen molar-refractivity contribution in [2.24, 2.45) is 0 Å². The van der Waals surface area contributed by atoms with Gasteiger partial charge in [0.2, 0.25) is 0 Å². The van der Waals surface area contributed by atoms with Crippen LogP contribution >= 0.6 is 0 Å². The second-order valence-corrected chi connectivity index (χ2v) is 35.4. The third kappa shape index (κ3) is 15.9. The van der Waals surface area contributed by atoms with E-state index in [-0.39, 0.29) is 0 Å². The number of hydrogen-bond acceptors (Lipinski definition) is 0. The maximum Gasteiger partial charge on any atom is -0.000139 e. The Kier molecular flexibility index (Phi) is 22.6. The normalized spacial score (nSPS) is 11.5. The molecule has 24 aromatic carbocycles. The lowest BCUT2D eigenvalue weighted by Crippen LogP contribution is -1.98. The first kappa shape index (κ1) is 82.8. The average molecular weight is 1710 g/mol. The number of rotatable bonds is 14. The van der Waals surface area contributed by atoms with Crippen LogP contribution in [-0.2, 0) is 0 Å². The van der Waals surface area contributed by atoms with E-state index in [0.717, 1.165) is 0 Å². The molecule has 0 saturated heterocycles. The van der Waals surface area contributed by atoms with Crippen molar-refractivity contribution in [3.8, 4) is 111 Å². The van der Waals surface area contributed by atoms with Gasteiger partial charge in [-0.2, -0.15) is 0 Å². The number of hydrogen-bond donors (Lipinski definition) is 0. The summed E-state index contributed by atoms with van der Waals surface area (Å²) in [5.41, 5.74) is 35.0. The van der Waals surface area contributed by atoms with E-state index in [1.54, 1.807) is 0 Å². The molecular formula is C134H96. The molecule has 0 heterocycles. The summed E-state index contributed by atoms with van der Waals surface area (Å²) < 4.78 is 0. The Bertz CT molecular complexity index is 7720. The molecule has 24 rings (SSSR count). The van der Waals surface area contributed by atoms with Gasteiger partial charge < -0.3 is 0 Å². The fraction of sp³-hybridized carbons (Fsp3) is 0.0299. The van der Waals surface area contributed by atoms with Crippen molar-refractivity contribution in [1.82, 2.24) is 0 Å². The first-order valence-electron chi connectivity index (χ1n) is 46.6. The van der Waals surface area contributed by atoms with Crippen molar-refractivity contribution in [2.75, 3.05) is 0 Å². The minimum absolute atomic E-state index is 1.18. The summed E-state index contributed by atoms with van der Waals surface area (Å²) in [4.78, 5) is 0. The monoisotopic (exact) mass is 1700 g/mol. The van der Waals surface area contributed by atoms with Gasteiger partial charge >= 0.3 is 0 Å². The lowest BCUT2D eigenvalue weighted by molar-refractivity contribution is 1.47. The van der Waals surface area contributed by atoms with Crippen LogP contribution in [0, 0.1) is 27.7 Å². The molecule has 0 spiro atoms. The molecule has 0 radical (unpaired) electrons. The Labute approximate surface area is 784 Å². The molecule has 0 aromatic heterocycles. The van der Waals surface area contributed by atoms with Crippen LogP contribution in [0.3, 0.4) is 0 Å². The first-order chi connectivity index (χ1) is 66.2. The Morgan fingerprint density at radius 2 is 0.269 bits per heavy atom. The van der Waals surface area contributed by atoms with E-state index in [2.05, 4.69) is 537 Å². The van der Waals surface area contributed by atoms with Gasteiger partial charge in [0.15, 0.2) is 0 Å². The van der Waals surface area contributed by atoms with Gasteiger partial charge in [0.25, 0.3) is 0 Å². The molecule has 0 bridgehead atoms. The molecule has 0 fully saturated rings. The third-order valence-corrected chi connectivity index (χ3v) is 26.8. The third-order valence-electron chi connectivity index (χ3n) is 26.8. The lowest BCUT2D eigenvalue weighted by atomic mass is 9.77. The van der Waals surface area contributed by atoms with E-state index in [1.807, 2.05) is 0 Å². The summed E-state index contributed by atoms with van der Waals surface area (Å²) in [7, 11) is 0. The highest BCUT2D eigenvalue weighted by Crippen LogP contribution is 2.57. The zero-order valence-corrected chi connectivity index (χ0v) is 75.5. The summed E-state index contributed by atoms with van der Waals surface area (Å²) in [6, 6.07) is 177. The van der Waals surface area contributed by atoms with Crippen molar-refractivity contribution in [1.29, 1.82) is 0 Å². The second-order valence-electron chi connectivity index (χ2n) is 35.4. The van der Waals surface area contributed by atoms with Gasteiger partial charge in [-0.1, -0.05) is 520 Å². The van der Waals surface area contributed by atoms with Crippen molar-refractivity contribution in [2.45, 2.75) is 27.7 Å². The molecule has 0 aliphatic rings. The van der Waals surface area contributed by atoms with Gasteiger partial charge in [-0.15, -0.1) is 0 Å². The van der Waals surface area contributed by atoms with Crippen LogP contribution in [0.25, 0.3) is 233 Å². The highest BCUT2D eigenvalue weighted by molar-refractivity contribution is 6.36. The van der Waals surface area contributed by atoms with Gasteiger partial charge in [0, 0.05) is 0 Å². The fourth-order valence-corrected chi connectivity index (χ4v) is 20.5. The van der Waals surface area contributed by atoms with Crippen LogP contribution in [-0.4, -0.2) is 0 Å². The van der Waals surface area contributed by atoms with E-state index >= 15 is 0 Å². The van der Waals surface area contributed by atoms with Gasteiger partial charge in [-0.3, -0.25) is 0 Å². The summed E-state index contributed by atoms with van der Waals surface area (Å²) >= 11 is 0. The zero-order chi connectivity index (χ0) is 90.0. The van der Waals surface area contributed by atoms with Crippen LogP contribution in [0.2, 0.25) is 0 Å². The topological polar surface area (TPSA) is 0 Å². The van der Waals surface area contributed by atoms with Crippen molar-refractivity contribution >= 4 is 121 Å². The summed E-state index contributed by atoms with van der Waals surface area (Å²) in [6.07, 6.45) is 8.71. The van der Waals surface area contributed by atoms with E-state index < -0.39 is 0 Å². The Morgan fingerprint density at radius 1 is 0.119 bits per heavy atom. The Hall–Kier alpha value is -16.9. The predicted molar refractivity (Wildman–Crippen MR) is 581 cm³/mol. The van der Waals surface area contributed by atoms with E-state index in [9.17, 15) is 0 Å². The van der Waals surface area contributed by atoms with Crippen molar-refractivity contribution in [3.63, 3.8) is 0 Å². The molecule has 0 amide bonds. The summed E-state index contributed by atoms with van der Waals surface area (Å²) in [5, 5.41) is 22.9. The largest absolute Gasteiger partial charge is 0.0622 e. The smallest absolute Gasteiger partial charge is 0.000139 e. The summed E-state index contributed by atoms with van der Waals surface area (Å²) in [6.45, 7) is 8.67. The number of aryl methyl sites for hydroxylation is 4. The Balaban J connectivity index is 0.000000117. The van der Waals surface area contributed by atoms with Crippen LogP contribution in [0.15, 0.2) is 485 Å². The second kappa shape index (κ2) is 36.6. The maximum absolute atomic E-state index is 2.39. The molecule has 0 nitrogen and oxygen atoms in total. The maximum atomic E-state index is 2.39. The van der Waals surface area contributed by atoms with Crippen molar-refractivity contribution < 1.29 is 0 Å². The van der Waals surface area contributed by atoms with Crippen LogP contribution in [0.4, 0.5) is 0 Å². The SMILES string of the molecule is C(=C\c1ccc(-c2c3ccccc3c(-c3ccc(/C=C/c4ccccc4)cc3)c3cc4ccccc4cc23)cc1)/c1ccccc1.Cc1ccc(-c2c3ccccc3c(-c3ccc(C)cc3)c3c(-c4ccc(C)cc4)c4ccccc4c(-c4ccc(C)cc4)c23)cc1.c1ccc(-c2c3ccccc3c(-c3ccccc3)c3c(-c4ccccc4)c4ccccc4c(-c4ccccc4)c23)cc1. The average Bonchev–Trinajstić information content (AvgIpc) is 0.702. The quantitative estimate of drug-likeness (QED) is 0.0752. The van der Waals surface area contributed by atoms with E-state index in [4.69, 9.17) is 0 Å². The molecule has 134 heavy (non-hydrogen) atoms. The van der Waals surface area contributed by atoms with Gasteiger partial charge in [0.05, 0.1) is 0 Å². The molecule has 24 aromatic rings. The fourth-order valence-electron chi connectivity index (χ4n) is 20.5. The standard InChI is InChI=1S/C46H36.C46H32.C42H28/c1-29-13-21-33(22-14-29)41-37-9-5-6-10-38(37)43(35-25-17-31(3)18-26-35)46-44(36-27-19-32(4)20-28-36)40-12-8-7-11-39(40)42(45(41)46)34-23-15-30(2)16-24-34;1-3-11-33(12-4-1)19-21-35-23-27-37(28-24-35)45-41-17-9-10-18-42(41)46(44-32-40-16-8-7-15-39(40)31-43(44)45)38-29-25-36(26-30-38)22-20-34-13-5-2-6-14-34;1-5-17-29(18-6-1)37-33-25-13-14-26-34(33)39(31-21-9-3-10-22-31)42-40(32-23-11-4-12-24-32)36-28-16-15-27-35(36)38(41(37)42)30-19-7-2-8-20-30/h5-28H,1-4H3;1-32H;1-28H/b;21-19+,22-20+;. The van der Waals surface area contributed by atoms with E-state index in [1.165, 1.54) is 253 Å². The molecule has 0 aliphatic carbocycles. The molecule has 0 unspecified atom stereocenters.